The Balaban J connectivity index is 1.96. The molecule has 1 N–H and O–H groups in total. The van der Waals surface area contributed by atoms with E-state index in [-0.39, 0.29) is 0 Å². The lowest BCUT2D eigenvalue weighted by atomic mass is 10.1. The molecule has 2 aromatic carbocycles. The highest BCUT2D eigenvalue weighted by Crippen LogP contribution is 2.20. The number of halogens is 1. The van der Waals surface area contributed by atoms with Crippen LogP contribution < -0.4 is 10.1 Å². The van der Waals surface area contributed by atoms with Gasteiger partial charge in [-0.05, 0) is 37.2 Å². The molecule has 20 heavy (non-hydrogen) atoms. The minimum atomic E-state index is 0.359. The van der Waals surface area contributed by atoms with E-state index in [1.165, 1.54) is 5.56 Å². The first-order valence-electron chi connectivity index (χ1n) is 6.90. The largest absolute Gasteiger partial charge is 0.489 e. The SMILES string of the molecule is CCNC(C)c1ccc(OCc2ccccc2Cl)cc1. The smallest absolute Gasteiger partial charge is 0.119 e. The van der Waals surface area contributed by atoms with Crippen LogP contribution in [0, 0.1) is 0 Å². The Hall–Kier alpha value is -1.51. The van der Waals surface area contributed by atoms with Gasteiger partial charge in [-0.15, -0.1) is 0 Å². The first-order chi connectivity index (χ1) is 9.70. The summed E-state index contributed by atoms with van der Waals surface area (Å²) in [5, 5.41) is 4.13. The van der Waals surface area contributed by atoms with E-state index < -0.39 is 0 Å². The van der Waals surface area contributed by atoms with Crippen LogP contribution in [-0.4, -0.2) is 6.54 Å². The summed E-state index contributed by atoms with van der Waals surface area (Å²) in [5.74, 6) is 0.859. The molecule has 0 aliphatic rings. The van der Waals surface area contributed by atoms with Gasteiger partial charge in [0.1, 0.15) is 12.4 Å². The van der Waals surface area contributed by atoms with Crippen LogP contribution in [0.1, 0.15) is 31.0 Å². The van der Waals surface area contributed by atoms with Gasteiger partial charge in [0.25, 0.3) is 0 Å². The molecule has 2 rings (SSSR count). The van der Waals surface area contributed by atoms with Gasteiger partial charge in [-0.1, -0.05) is 48.9 Å². The van der Waals surface area contributed by atoms with Crippen molar-refractivity contribution in [3.63, 3.8) is 0 Å². The van der Waals surface area contributed by atoms with Gasteiger partial charge in [-0.25, -0.2) is 0 Å². The molecule has 0 heterocycles. The number of nitrogens with one attached hydrogen (secondary N) is 1. The standard InChI is InChI=1S/C17H20ClNO/c1-3-19-13(2)14-8-10-16(11-9-14)20-12-15-6-4-5-7-17(15)18/h4-11,13,19H,3,12H2,1-2H3. The Labute approximate surface area is 125 Å². The van der Waals surface area contributed by atoms with Crippen LogP contribution in [0.3, 0.4) is 0 Å². The maximum Gasteiger partial charge on any atom is 0.119 e. The molecule has 0 saturated heterocycles. The Bertz CT molecular complexity index is 539. The molecule has 0 amide bonds. The van der Waals surface area contributed by atoms with Gasteiger partial charge >= 0.3 is 0 Å². The summed E-state index contributed by atoms with van der Waals surface area (Å²) >= 11 is 6.10. The monoisotopic (exact) mass is 289 g/mol. The summed E-state index contributed by atoms with van der Waals surface area (Å²) in [4.78, 5) is 0. The molecule has 1 unspecified atom stereocenters. The first-order valence-corrected chi connectivity index (χ1v) is 7.28. The number of hydrogen-bond acceptors (Lipinski definition) is 2. The molecule has 0 bridgehead atoms. The molecule has 3 heteroatoms. The van der Waals surface area contributed by atoms with E-state index in [1.54, 1.807) is 0 Å². The van der Waals surface area contributed by atoms with Crippen LogP contribution in [0.5, 0.6) is 5.75 Å². The van der Waals surface area contributed by atoms with Gasteiger partial charge in [-0.2, -0.15) is 0 Å². The third-order valence-electron chi connectivity index (χ3n) is 3.24. The van der Waals surface area contributed by atoms with Gasteiger partial charge in [0, 0.05) is 16.6 Å². The van der Waals surface area contributed by atoms with Gasteiger partial charge in [-0.3, -0.25) is 0 Å². The second kappa shape index (κ2) is 7.32. The highest BCUT2D eigenvalue weighted by molar-refractivity contribution is 6.31. The van der Waals surface area contributed by atoms with Gasteiger partial charge < -0.3 is 10.1 Å². The predicted molar refractivity (Wildman–Crippen MR) is 84.3 cm³/mol. The summed E-state index contributed by atoms with van der Waals surface area (Å²) < 4.78 is 5.76. The second-order valence-corrected chi connectivity index (χ2v) is 5.14. The molecule has 0 spiro atoms. The van der Waals surface area contributed by atoms with Crippen molar-refractivity contribution in [3.8, 4) is 5.75 Å². The fourth-order valence-electron chi connectivity index (χ4n) is 2.05. The summed E-state index contributed by atoms with van der Waals surface area (Å²) in [6.45, 7) is 5.72. The van der Waals surface area contributed by atoms with E-state index in [9.17, 15) is 0 Å². The van der Waals surface area contributed by atoms with Gasteiger partial charge in [0.05, 0.1) is 0 Å². The van der Waals surface area contributed by atoms with Crippen LogP contribution >= 0.6 is 11.6 Å². The predicted octanol–water partition coefficient (Wildman–Crippen LogP) is 4.59. The van der Waals surface area contributed by atoms with E-state index in [0.717, 1.165) is 22.9 Å². The van der Waals surface area contributed by atoms with E-state index in [4.69, 9.17) is 16.3 Å². The molecular weight excluding hydrogens is 270 g/mol. The summed E-state index contributed by atoms with van der Waals surface area (Å²) in [6.07, 6.45) is 0. The van der Waals surface area contributed by atoms with Crippen molar-refractivity contribution in [2.45, 2.75) is 26.5 Å². The lowest BCUT2D eigenvalue weighted by Crippen LogP contribution is -2.17. The number of benzene rings is 2. The van der Waals surface area contributed by atoms with E-state index in [1.807, 2.05) is 36.4 Å². The van der Waals surface area contributed by atoms with Crippen molar-refractivity contribution < 1.29 is 4.74 Å². The zero-order chi connectivity index (χ0) is 14.4. The van der Waals surface area contributed by atoms with E-state index in [2.05, 4.69) is 31.3 Å². The third kappa shape index (κ3) is 3.99. The molecule has 0 aromatic heterocycles. The lowest BCUT2D eigenvalue weighted by molar-refractivity contribution is 0.306. The molecule has 0 aliphatic carbocycles. The molecule has 2 aromatic rings. The second-order valence-electron chi connectivity index (χ2n) is 4.73. The van der Waals surface area contributed by atoms with Crippen LogP contribution in [0.25, 0.3) is 0 Å². The van der Waals surface area contributed by atoms with Crippen LogP contribution in [-0.2, 0) is 6.61 Å². The van der Waals surface area contributed by atoms with Crippen molar-refractivity contribution in [2.24, 2.45) is 0 Å². The Morgan fingerprint density at radius 2 is 1.80 bits per heavy atom. The maximum atomic E-state index is 6.10. The highest BCUT2D eigenvalue weighted by atomic mass is 35.5. The molecule has 0 saturated carbocycles. The molecule has 1 atom stereocenters. The summed E-state index contributed by atoms with van der Waals surface area (Å²) in [7, 11) is 0. The fourth-order valence-corrected chi connectivity index (χ4v) is 2.24. The van der Waals surface area contributed by atoms with Crippen molar-refractivity contribution in [1.82, 2.24) is 5.32 Å². The molecule has 0 radical (unpaired) electrons. The van der Waals surface area contributed by atoms with Gasteiger partial charge in [0.15, 0.2) is 0 Å². The summed E-state index contributed by atoms with van der Waals surface area (Å²) in [5.41, 5.74) is 2.26. The third-order valence-corrected chi connectivity index (χ3v) is 3.61. The van der Waals surface area contributed by atoms with Crippen molar-refractivity contribution in [3.05, 3.63) is 64.7 Å². The molecular formula is C17H20ClNO. The molecule has 0 fully saturated rings. The number of ether oxygens (including phenoxy) is 1. The van der Waals surface area contributed by atoms with Gasteiger partial charge in [0.2, 0.25) is 0 Å². The molecule has 0 aliphatic heterocycles. The minimum Gasteiger partial charge on any atom is -0.489 e. The van der Waals surface area contributed by atoms with Crippen LogP contribution in [0.15, 0.2) is 48.5 Å². The normalized spacial score (nSPS) is 12.2. The van der Waals surface area contributed by atoms with Crippen molar-refractivity contribution in [1.29, 1.82) is 0 Å². The van der Waals surface area contributed by atoms with Crippen molar-refractivity contribution in [2.75, 3.05) is 6.54 Å². The van der Waals surface area contributed by atoms with Crippen molar-refractivity contribution >= 4 is 11.6 Å². The number of hydrogen-bond donors (Lipinski definition) is 1. The topological polar surface area (TPSA) is 21.3 Å². The zero-order valence-corrected chi connectivity index (χ0v) is 12.7. The Morgan fingerprint density at radius 3 is 2.45 bits per heavy atom. The van der Waals surface area contributed by atoms with E-state index in [0.29, 0.717) is 12.6 Å². The summed E-state index contributed by atoms with van der Waals surface area (Å²) in [6, 6.07) is 16.3. The van der Waals surface area contributed by atoms with E-state index >= 15 is 0 Å². The average Bonchev–Trinajstić information content (AvgIpc) is 2.47. The number of rotatable bonds is 6. The minimum absolute atomic E-state index is 0.359. The maximum absolute atomic E-state index is 6.10. The quantitative estimate of drug-likeness (QED) is 0.840. The average molecular weight is 290 g/mol. The molecule has 106 valence electrons. The fraction of sp³-hybridized carbons (Fsp3) is 0.294. The first kappa shape index (κ1) is 14.9. The Kier molecular flexibility index (Phi) is 5.45. The van der Waals surface area contributed by atoms with Crippen LogP contribution in [0.2, 0.25) is 5.02 Å². The Morgan fingerprint density at radius 1 is 1.10 bits per heavy atom. The highest BCUT2D eigenvalue weighted by Gasteiger charge is 2.04. The van der Waals surface area contributed by atoms with Crippen LogP contribution in [0.4, 0.5) is 0 Å². The molecule has 2 nitrogen and oxygen atoms in total. The lowest BCUT2D eigenvalue weighted by Gasteiger charge is -2.13. The zero-order valence-electron chi connectivity index (χ0n) is 11.9.